The van der Waals surface area contributed by atoms with Crippen LogP contribution in [0, 0.1) is 13.8 Å². The minimum Gasteiger partial charge on any atom is -0.466 e. The maximum atomic E-state index is 12.3. The summed E-state index contributed by atoms with van der Waals surface area (Å²) in [6.07, 6.45) is 3.66. The molecule has 5 nitrogen and oxygen atoms in total. The molecule has 0 unspecified atom stereocenters. The molecule has 4 rings (SSSR count). The van der Waals surface area contributed by atoms with Crippen molar-refractivity contribution in [1.29, 1.82) is 0 Å². The van der Waals surface area contributed by atoms with Crippen molar-refractivity contribution in [3.8, 4) is 11.1 Å². The molecule has 0 aliphatic heterocycles. The van der Waals surface area contributed by atoms with Crippen molar-refractivity contribution in [2.75, 3.05) is 0 Å². The van der Waals surface area contributed by atoms with Crippen molar-refractivity contribution in [3.05, 3.63) is 89.6 Å². The van der Waals surface area contributed by atoms with E-state index in [4.69, 9.17) is 4.42 Å². The fraction of sp³-hybridized carbons (Fsp3) is 0.0909. The maximum absolute atomic E-state index is 12.3. The highest BCUT2D eigenvalue weighted by Gasteiger charge is 2.13. The number of nitrogens with one attached hydrogen (secondary N) is 1. The smallest absolute Gasteiger partial charge is 0.274 e. The summed E-state index contributed by atoms with van der Waals surface area (Å²) in [4.78, 5) is 12.3. The van der Waals surface area contributed by atoms with Crippen molar-refractivity contribution < 1.29 is 9.21 Å². The van der Waals surface area contributed by atoms with E-state index in [1.165, 1.54) is 0 Å². The number of aryl methyl sites for hydroxylation is 2. The first kappa shape index (κ1) is 16.8. The molecule has 1 N–H and O–H groups in total. The summed E-state index contributed by atoms with van der Waals surface area (Å²) in [6.45, 7) is 3.58. The highest BCUT2D eigenvalue weighted by molar-refractivity contribution is 5.97. The van der Waals surface area contributed by atoms with E-state index in [1.807, 2.05) is 53.9 Å². The molecular weight excluding hydrogens is 338 g/mol. The van der Waals surface area contributed by atoms with Crippen LogP contribution < -0.4 is 5.43 Å². The number of carbonyl (C=O) groups excluding carboxylic acids is 1. The minimum absolute atomic E-state index is 0.289. The van der Waals surface area contributed by atoms with E-state index in [2.05, 4.69) is 28.7 Å². The van der Waals surface area contributed by atoms with Gasteiger partial charge in [-0.2, -0.15) is 5.10 Å². The van der Waals surface area contributed by atoms with Crippen molar-refractivity contribution in [1.82, 2.24) is 9.83 Å². The highest BCUT2D eigenvalue weighted by atomic mass is 16.3. The second-order valence-electron chi connectivity index (χ2n) is 6.33. The Hall–Kier alpha value is -3.60. The number of aromatic nitrogens is 1. The lowest BCUT2D eigenvalue weighted by Gasteiger charge is -2.03. The molecule has 4 aromatic rings. The van der Waals surface area contributed by atoms with E-state index in [0.29, 0.717) is 17.1 Å². The van der Waals surface area contributed by atoms with Gasteiger partial charge in [-0.3, -0.25) is 4.79 Å². The number of hydrogen-bond donors (Lipinski definition) is 1. The van der Waals surface area contributed by atoms with Gasteiger partial charge in [-0.05, 0) is 43.7 Å². The van der Waals surface area contributed by atoms with Crippen LogP contribution in [0.2, 0.25) is 0 Å². The zero-order valence-corrected chi connectivity index (χ0v) is 15.1. The number of rotatable bonds is 4. The number of fused-ring (bicyclic) bond motifs is 1. The Morgan fingerprint density at radius 3 is 2.59 bits per heavy atom. The molecule has 0 bridgehead atoms. The second-order valence-corrected chi connectivity index (χ2v) is 6.33. The predicted molar refractivity (Wildman–Crippen MR) is 106 cm³/mol. The molecule has 0 saturated heterocycles. The third kappa shape index (κ3) is 3.27. The van der Waals surface area contributed by atoms with Crippen LogP contribution in [0.25, 0.3) is 16.6 Å². The third-order valence-corrected chi connectivity index (χ3v) is 4.44. The Balaban J connectivity index is 1.68. The standard InChI is InChI=1S/C22H19N3O2/c1-15-12-19(16(2)27-15)22(26)24-23-14-21-20(17-8-4-3-5-9-17)13-18-10-6-7-11-25(18)21/h3-14H,1-2H3,(H,24,26)/b23-14+. The largest absolute Gasteiger partial charge is 0.466 e. The number of amides is 1. The monoisotopic (exact) mass is 357 g/mol. The Morgan fingerprint density at radius 1 is 1.07 bits per heavy atom. The van der Waals surface area contributed by atoms with Crippen LogP contribution in [0.3, 0.4) is 0 Å². The lowest BCUT2D eigenvalue weighted by molar-refractivity contribution is 0.0953. The van der Waals surface area contributed by atoms with Gasteiger partial charge in [0.05, 0.1) is 17.5 Å². The number of furan rings is 1. The SMILES string of the molecule is Cc1cc(C(=O)N/N=C/c2c(-c3ccccc3)cc3ccccn23)c(C)o1. The molecular formula is C22H19N3O2. The van der Waals surface area contributed by atoms with E-state index < -0.39 is 0 Å². The van der Waals surface area contributed by atoms with E-state index >= 15 is 0 Å². The van der Waals surface area contributed by atoms with Crippen LogP contribution in [-0.4, -0.2) is 16.5 Å². The molecule has 3 aromatic heterocycles. The van der Waals surface area contributed by atoms with Crippen LogP contribution in [0.5, 0.6) is 0 Å². The summed E-state index contributed by atoms with van der Waals surface area (Å²) in [5, 5.41) is 4.19. The average Bonchev–Trinajstić information content (AvgIpc) is 3.22. The molecule has 0 aliphatic rings. The molecule has 3 heterocycles. The Kier molecular flexibility index (Phi) is 4.34. The van der Waals surface area contributed by atoms with Crippen molar-refractivity contribution in [3.63, 3.8) is 0 Å². The molecule has 5 heteroatoms. The third-order valence-electron chi connectivity index (χ3n) is 4.44. The number of pyridine rings is 1. The molecule has 134 valence electrons. The van der Waals surface area contributed by atoms with E-state index in [0.717, 1.165) is 22.3 Å². The fourth-order valence-electron chi connectivity index (χ4n) is 3.19. The van der Waals surface area contributed by atoms with E-state index in [-0.39, 0.29) is 5.91 Å². The number of hydrazone groups is 1. The zero-order chi connectivity index (χ0) is 18.8. The highest BCUT2D eigenvalue weighted by Crippen LogP contribution is 2.26. The van der Waals surface area contributed by atoms with Crippen LogP contribution in [-0.2, 0) is 0 Å². The van der Waals surface area contributed by atoms with Crippen LogP contribution >= 0.6 is 0 Å². The van der Waals surface area contributed by atoms with Gasteiger partial charge < -0.3 is 8.82 Å². The maximum Gasteiger partial charge on any atom is 0.274 e. The molecule has 27 heavy (non-hydrogen) atoms. The number of hydrogen-bond acceptors (Lipinski definition) is 3. The van der Waals surface area contributed by atoms with Gasteiger partial charge in [0.2, 0.25) is 0 Å². The van der Waals surface area contributed by atoms with Gasteiger partial charge in [-0.1, -0.05) is 36.4 Å². The first-order valence-electron chi connectivity index (χ1n) is 8.69. The van der Waals surface area contributed by atoms with Crippen molar-refractivity contribution >= 4 is 17.6 Å². The molecule has 1 amide bonds. The summed E-state index contributed by atoms with van der Waals surface area (Å²) >= 11 is 0. The minimum atomic E-state index is -0.289. The van der Waals surface area contributed by atoms with Gasteiger partial charge in [0.25, 0.3) is 5.91 Å². The van der Waals surface area contributed by atoms with E-state index in [1.54, 1.807) is 19.2 Å². The van der Waals surface area contributed by atoms with Gasteiger partial charge in [0.1, 0.15) is 11.5 Å². The van der Waals surface area contributed by atoms with E-state index in [9.17, 15) is 4.79 Å². The Bertz CT molecular complexity index is 1140. The lowest BCUT2D eigenvalue weighted by atomic mass is 10.1. The topological polar surface area (TPSA) is 59.0 Å². The number of carbonyl (C=O) groups is 1. The van der Waals surface area contributed by atoms with Crippen molar-refractivity contribution in [2.45, 2.75) is 13.8 Å². The first-order valence-corrected chi connectivity index (χ1v) is 8.69. The number of nitrogens with zero attached hydrogens (tertiary/aromatic N) is 2. The molecule has 0 radical (unpaired) electrons. The Morgan fingerprint density at radius 2 is 1.85 bits per heavy atom. The first-order chi connectivity index (χ1) is 13.1. The molecule has 0 aliphatic carbocycles. The van der Waals surface area contributed by atoms with Crippen LogP contribution in [0.15, 0.2) is 76.4 Å². The quantitative estimate of drug-likeness (QED) is 0.429. The van der Waals surface area contributed by atoms with Crippen LogP contribution in [0.1, 0.15) is 27.6 Å². The molecule has 0 atom stereocenters. The van der Waals surface area contributed by atoms with Gasteiger partial charge in [-0.25, -0.2) is 5.43 Å². The summed E-state index contributed by atoms with van der Waals surface area (Å²) in [5.41, 5.74) is 7.19. The van der Waals surface area contributed by atoms with Crippen LogP contribution in [0.4, 0.5) is 0 Å². The fourth-order valence-corrected chi connectivity index (χ4v) is 3.19. The summed E-state index contributed by atoms with van der Waals surface area (Å²) < 4.78 is 7.45. The van der Waals surface area contributed by atoms with Gasteiger partial charge in [-0.15, -0.1) is 0 Å². The average molecular weight is 357 g/mol. The molecule has 0 spiro atoms. The zero-order valence-electron chi connectivity index (χ0n) is 15.1. The van der Waals surface area contributed by atoms with Gasteiger partial charge in [0.15, 0.2) is 0 Å². The lowest BCUT2D eigenvalue weighted by Crippen LogP contribution is -2.18. The summed E-state index contributed by atoms with van der Waals surface area (Å²) in [6, 6.07) is 19.9. The molecule has 0 fully saturated rings. The van der Waals surface area contributed by atoms with Crippen molar-refractivity contribution in [2.24, 2.45) is 5.10 Å². The second kappa shape index (κ2) is 6.96. The molecule has 0 saturated carbocycles. The molecule has 1 aromatic carbocycles. The predicted octanol–water partition coefficient (Wildman–Crippen LogP) is 4.58. The Labute approximate surface area is 156 Å². The number of benzene rings is 1. The normalized spacial score (nSPS) is 11.3. The summed E-state index contributed by atoms with van der Waals surface area (Å²) in [5.74, 6) is 0.992. The van der Waals surface area contributed by atoms with Gasteiger partial charge >= 0.3 is 0 Å². The summed E-state index contributed by atoms with van der Waals surface area (Å²) in [7, 11) is 0. The van der Waals surface area contributed by atoms with Gasteiger partial charge in [0, 0.05) is 17.3 Å².